The molecule has 0 bridgehead atoms. The van der Waals surface area contributed by atoms with E-state index in [2.05, 4.69) is 4.98 Å². The first-order valence-electron chi connectivity index (χ1n) is 6.10. The number of ether oxygens (including phenoxy) is 1. The first-order valence-corrected chi connectivity index (χ1v) is 8.30. The fraction of sp³-hybridized carbons (Fsp3) is 0.0667. The van der Waals surface area contributed by atoms with E-state index in [0.29, 0.717) is 16.5 Å². The van der Waals surface area contributed by atoms with Gasteiger partial charge in [-0.3, -0.25) is 0 Å². The zero-order valence-electron chi connectivity index (χ0n) is 11.0. The highest BCUT2D eigenvalue weighted by molar-refractivity contribution is 7.14. The summed E-state index contributed by atoms with van der Waals surface area (Å²) in [5.41, 5.74) is 2.27. The van der Waals surface area contributed by atoms with E-state index in [1.165, 1.54) is 11.3 Å². The third-order valence-corrected chi connectivity index (χ3v) is 4.66. The SMILES string of the molecule is Cc1ccc(Cl)c(OC(=O)c2csc(-c3ccsc3)n2)c1. The van der Waals surface area contributed by atoms with Crippen molar-refractivity contribution in [3.8, 4) is 16.3 Å². The fourth-order valence-electron chi connectivity index (χ4n) is 1.73. The molecule has 0 N–H and O–H groups in total. The van der Waals surface area contributed by atoms with Gasteiger partial charge in [-0.25, -0.2) is 9.78 Å². The molecule has 0 amide bonds. The maximum atomic E-state index is 12.1. The summed E-state index contributed by atoms with van der Waals surface area (Å²) in [6.45, 7) is 1.91. The summed E-state index contributed by atoms with van der Waals surface area (Å²) in [6, 6.07) is 7.26. The summed E-state index contributed by atoms with van der Waals surface area (Å²) in [7, 11) is 0. The van der Waals surface area contributed by atoms with Crippen LogP contribution in [-0.4, -0.2) is 11.0 Å². The lowest BCUT2D eigenvalue weighted by atomic mass is 10.2. The molecular weight excluding hydrogens is 326 g/mol. The number of hydrogen-bond acceptors (Lipinski definition) is 5. The van der Waals surface area contributed by atoms with Crippen LogP contribution in [0.2, 0.25) is 5.02 Å². The summed E-state index contributed by atoms with van der Waals surface area (Å²) >= 11 is 9.03. The summed E-state index contributed by atoms with van der Waals surface area (Å²) in [5, 5.41) is 6.87. The molecule has 2 heterocycles. The highest BCUT2D eigenvalue weighted by Gasteiger charge is 2.15. The van der Waals surface area contributed by atoms with Gasteiger partial charge in [0.05, 0.1) is 5.02 Å². The van der Waals surface area contributed by atoms with E-state index in [1.54, 1.807) is 28.8 Å². The van der Waals surface area contributed by atoms with Crippen LogP contribution in [0.3, 0.4) is 0 Å². The zero-order valence-corrected chi connectivity index (χ0v) is 13.4. The Labute approximate surface area is 134 Å². The Morgan fingerprint density at radius 2 is 2.14 bits per heavy atom. The van der Waals surface area contributed by atoms with Crippen LogP contribution in [0.25, 0.3) is 10.6 Å². The van der Waals surface area contributed by atoms with Crippen LogP contribution >= 0.6 is 34.3 Å². The third-order valence-electron chi connectivity index (χ3n) is 2.77. The lowest BCUT2D eigenvalue weighted by Gasteiger charge is -2.05. The Morgan fingerprint density at radius 3 is 2.90 bits per heavy atom. The molecule has 1 aromatic carbocycles. The van der Waals surface area contributed by atoms with E-state index in [4.69, 9.17) is 16.3 Å². The van der Waals surface area contributed by atoms with Gasteiger partial charge in [0.15, 0.2) is 5.69 Å². The van der Waals surface area contributed by atoms with Gasteiger partial charge in [-0.15, -0.1) is 11.3 Å². The van der Waals surface area contributed by atoms with E-state index >= 15 is 0 Å². The number of halogens is 1. The lowest BCUT2D eigenvalue weighted by Crippen LogP contribution is -2.09. The van der Waals surface area contributed by atoms with E-state index in [0.717, 1.165) is 16.1 Å². The number of thiazole rings is 1. The molecule has 21 heavy (non-hydrogen) atoms. The Bertz CT molecular complexity index is 781. The molecule has 0 unspecified atom stereocenters. The van der Waals surface area contributed by atoms with Gasteiger partial charge >= 0.3 is 5.97 Å². The number of aryl methyl sites for hydroxylation is 1. The molecule has 106 valence electrons. The van der Waals surface area contributed by atoms with Crippen molar-refractivity contribution in [3.05, 3.63) is 56.7 Å². The largest absolute Gasteiger partial charge is 0.420 e. The molecule has 3 aromatic rings. The normalized spacial score (nSPS) is 10.6. The number of carbonyl (C=O) groups is 1. The number of esters is 1. The minimum atomic E-state index is -0.500. The van der Waals surface area contributed by atoms with Crippen molar-refractivity contribution in [2.24, 2.45) is 0 Å². The van der Waals surface area contributed by atoms with Crippen LogP contribution < -0.4 is 4.74 Å². The van der Waals surface area contributed by atoms with Crippen molar-refractivity contribution >= 4 is 40.2 Å². The van der Waals surface area contributed by atoms with E-state index in [-0.39, 0.29) is 0 Å². The maximum Gasteiger partial charge on any atom is 0.363 e. The van der Waals surface area contributed by atoms with Gasteiger partial charge in [-0.2, -0.15) is 11.3 Å². The summed E-state index contributed by atoms with van der Waals surface area (Å²) in [6.07, 6.45) is 0. The molecule has 0 saturated heterocycles. The average molecular weight is 336 g/mol. The summed E-state index contributed by atoms with van der Waals surface area (Å²) in [4.78, 5) is 16.4. The molecule has 0 atom stereocenters. The number of hydrogen-bond donors (Lipinski definition) is 0. The van der Waals surface area contributed by atoms with E-state index in [9.17, 15) is 4.79 Å². The van der Waals surface area contributed by atoms with Crippen molar-refractivity contribution in [3.63, 3.8) is 0 Å². The van der Waals surface area contributed by atoms with Crippen molar-refractivity contribution in [2.45, 2.75) is 6.92 Å². The Hall–Kier alpha value is -1.69. The van der Waals surface area contributed by atoms with Crippen LogP contribution in [0.15, 0.2) is 40.4 Å². The number of nitrogens with zero attached hydrogens (tertiary/aromatic N) is 1. The predicted molar refractivity (Wildman–Crippen MR) is 86.6 cm³/mol. The summed E-state index contributed by atoms with van der Waals surface area (Å²) in [5.74, 6) is -0.146. The fourth-order valence-corrected chi connectivity index (χ4v) is 3.38. The molecule has 0 spiro atoms. The van der Waals surface area contributed by atoms with Gasteiger partial charge in [0.2, 0.25) is 0 Å². The van der Waals surface area contributed by atoms with Crippen LogP contribution in [0.4, 0.5) is 0 Å². The Morgan fingerprint density at radius 1 is 1.29 bits per heavy atom. The monoisotopic (exact) mass is 335 g/mol. The second-order valence-corrected chi connectivity index (χ2v) is 6.42. The zero-order chi connectivity index (χ0) is 14.8. The number of benzene rings is 1. The lowest BCUT2D eigenvalue weighted by molar-refractivity contribution is 0.0729. The van der Waals surface area contributed by atoms with Gasteiger partial charge in [0, 0.05) is 16.3 Å². The van der Waals surface area contributed by atoms with Gasteiger partial charge in [0.25, 0.3) is 0 Å². The molecule has 0 aliphatic rings. The summed E-state index contributed by atoms with van der Waals surface area (Å²) < 4.78 is 5.32. The Balaban J connectivity index is 1.81. The van der Waals surface area contributed by atoms with Crippen molar-refractivity contribution in [1.82, 2.24) is 4.98 Å². The van der Waals surface area contributed by atoms with Gasteiger partial charge < -0.3 is 4.74 Å². The van der Waals surface area contributed by atoms with Gasteiger partial charge in [-0.05, 0) is 36.1 Å². The molecule has 0 aliphatic heterocycles. The van der Waals surface area contributed by atoms with Crippen molar-refractivity contribution in [1.29, 1.82) is 0 Å². The first-order chi connectivity index (χ1) is 10.1. The molecule has 0 radical (unpaired) electrons. The maximum absolute atomic E-state index is 12.1. The highest BCUT2D eigenvalue weighted by Crippen LogP contribution is 2.28. The number of carbonyl (C=O) groups excluding carboxylic acids is 1. The standard InChI is InChI=1S/C15H10ClNO2S2/c1-9-2-3-11(16)13(6-9)19-15(18)12-8-21-14(17-12)10-4-5-20-7-10/h2-8H,1H3. The smallest absolute Gasteiger partial charge is 0.363 e. The van der Waals surface area contributed by atoms with E-state index < -0.39 is 5.97 Å². The quantitative estimate of drug-likeness (QED) is 0.496. The molecule has 0 fully saturated rings. The highest BCUT2D eigenvalue weighted by atomic mass is 35.5. The predicted octanol–water partition coefficient (Wildman–Crippen LogP) is 5.05. The van der Waals surface area contributed by atoms with Crippen LogP contribution in [0.1, 0.15) is 16.1 Å². The molecule has 3 rings (SSSR count). The van der Waals surface area contributed by atoms with Gasteiger partial charge in [-0.1, -0.05) is 17.7 Å². The molecular formula is C15H10ClNO2S2. The second-order valence-electron chi connectivity index (χ2n) is 4.37. The Kier molecular flexibility index (Phi) is 4.05. The van der Waals surface area contributed by atoms with Crippen LogP contribution in [-0.2, 0) is 0 Å². The minimum absolute atomic E-state index is 0.291. The molecule has 2 aromatic heterocycles. The second kappa shape index (κ2) is 5.97. The molecule has 0 saturated carbocycles. The van der Waals surface area contributed by atoms with Gasteiger partial charge in [0.1, 0.15) is 10.8 Å². The minimum Gasteiger partial charge on any atom is -0.420 e. The van der Waals surface area contributed by atoms with Crippen molar-refractivity contribution < 1.29 is 9.53 Å². The number of rotatable bonds is 3. The topological polar surface area (TPSA) is 39.2 Å². The van der Waals surface area contributed by atoms with E-state index in [1.807, 2.05) is 29.8 Å². The number of thiophene rings is 1. The first kappa shape index (κ1) is 14.3. The van der Waals surface area contributed by atoms with Crippen LogP contribution in [0, 0.1) is 6.92 Å². The molecule has 3 nitrogen and oxygen atoms in total. The molecule has 0 aliphatic carbocycles. The average Bonchev–Trinajstić information content (AvgIpc) is 3.12. The molecule has 6 heteroatoms. The number of aromatic nitrogens is 1. The third kappa shape index (κ3) is 3.15. The van der Waals surface area contributed by atoms with Crippen molar-refractivity contribution in [2.75, 3.05) is 0 Å². The van der Waals surface area contributed by atoms with Crippen LogP contribution in [0.5, 0.6) is 5.75 Å².